The molecule has 0 saturated heterocycles. The van der Waals surface area contributed by atoms with Gasteiger partial charge in [-0.05, 0) is 31.5 Å². The molecular formula is C19H28N4O3S. The lowest BCUT2D eigenvalue weighted by atomic mass is 10.1. The minimum atomic E-state index is -0.773. The summed E-state index contributed by atoms with van der Waals surface area (Å²) in [6.07, 6.45) is 2.11. The molecule has 0 fully saturated rings. The van der Waals surface area contributed by atoms with E-state index in [9.17, 15) is 5.11 Å². The summed E-state index contributed by atoms with van der Waals surface area (Å²) in [5.41, 5.74) is 0.660. The Bertz CT molecular complexity index is 748. The fourth-order valence-electron chi connectivity index (χ4n) is 2.48. The molecule has 0 radical (unpaired) electrons. The number of aliphatic imine (C=N–C) groups is 1. The van der Waals surface area contributed by atoms with Crippen molar-refractivity contribution in [3.63, 3.8) is 0 Å². The van der Waals surface area contributed by atoms with Crippen molar-refractivity contribution >= 4 is 17.3 Å². The number of methoxy groups -OCH3 is 2. The minimum absolute atomic E-state index is 0.285. The zero-order valence-corrected chi connectivity index (χ0v) is 17.1. The Labute approximate surface area is 164 Å². The van der Waals surface area contributed by atoms with Crippen LogP contribution in [0.25, 0.3) is 0 Å². The summed E-state index contributed by atoms with van der Waals surface area (Å²) in [5.74, 6) is 1.91. The van der Waals surface area contributed by atoms with Crippen LogP contribution in [0, 0.1) is 0 Å². The number of nitrogens with one attached hydrogen (secondary N) is 2. The number of thiazole rings is 1. The van der Waals surface area contributed by atoms with Gasteiger partial charge in [0.25, 0.3) is 0 Å². The first-order chi connectivity index (χ1) is 13.1. The van der Waals surface area contributed by atoms with E-state index in [1.807, 2.05) is 13.1 Å². The SMILES string of the molecule is CCNC(=NCc1ncc(CC)s1)NCC(O)c1cc(OC)ccc1OC. The number of hydrogen-bond donors (Lipinski definition) is 3. The zero-order chi connectivity index (χ0) is 19.6. The van der Waals surface area contributed by atoms with Gasteiger partial charge in [0.2, 0.25) is 0 Å². The molecule has 3 N–H and O–H groups in total. The molecule has 27 heavy (non-hydrogen) atoms. The molecule has 0 saturated carbocycles. The maximum absolute atomic E-state index is 10.6. The van der Waals surface area contributed by atoms with Gasteiger partial charge in [-0.15, -0.1) is 11.3 Å². The normalized spacial score (nSPS) is 12.6. The maximum atomic E-state index is 10.6. The highest BCUT2D eigenvalue weighted by Crippen LogP contribution is 2.29. The summed E-state index contributed by atoms with van der Waals surface area (Å²) in [4.78, 5) is 10.2. The third-order valence-corrected chi connectivity index (χ3v) is 5.05. The van der Waals surface area contributed by atoms with Gasteiger partial charge in [0.15, 0.2) is 5.96 Å². The van der Waals surface area contributed by atoms with Crippen LogP contribution in [0.3, 0.4) is 0 Å². The Kier molecular flexibility index (Phi) is 8.35. The van der Waals surface area contributed by atoms with E-state index in [2.05, 4.69) is 27.5 Å². The van der Waals surface area contributed by atoms with Crippen molar-refractivity contribution in [3.8, 4) is 11.5 Å². The molecule has 2 aromatic rings. The number of hydrogen-bond acceptors (Lipinski definition) is 6. The molecule has 1 aromatic carbocycles. The van der Waals surface area contributed by atoms with Gasteiger partial charge in [0, 0.05) is 29.7 Å². The number of rotatable bonds is 9. The van der Waals surface area contributed by atoms with Gasteiger partial charge >= 0.3 is 0 Å². The van der Waals surface area contributed by atoms with Crippen LogP contribution < -0.4 is 20.1 Å². The van der Waals surface area contributed by atoms with Gasteiger partial charge in [-0.2, -0.15) is 0 Å². The third-order valence-electron chi connectivity index (χ3n) is 3.93. The Balaban J connectivity index is 2.03. The number of aryl methyl sites for hydroxylation is 1. The molecule has 0 aliphatic rings. The minimum Gasteiger partial charge on any atom is -0.497 e. The highest BCUT2D eigenvalue weighted by atomic mass is 32.1. The summed E-state index contributed by atoms with van der Waals surface area (Å²) < 4.78 is 10.6. The second-order valence-electron chi connectivity index (χ2n) is 5.77. The van der Waals surface area contributed by atoms with E-state index < -0.39 is 6.10 Å². The summed E-state index contributed by atoms with van der Waals surface area (Å²) in [6.45, 7) is 5.62. The van der Waals surface area contributed by atoms with Gasteiger partial charge in [-0.25, -0.2) is 9.98 Å². The lowest BCUT2D eigenvalue weighted by molar-refractivity contribution is 0.176. The van der Waals surface area contributed by atoms with Crippen molar-refractivity contribution in [3.05, 3.63) is 39.8 Å². The monoisotopic (exact) mass is 392 g/mol. The first-order valence-electron chi connectivity index (χ1n) is 8.96. The fraction of sp³-hybridized carbons (Fsp3) is 0.474. The predicted octanol–water partition coefficient (Wildman–Crippen LogP) is 2.51. The zero-order valence-electron chi connectivity index (χ0n) is 16.3. The van der Waals surface area contributed by atoms with Crippen molar-refractivity contribution in [2.24, 2.45) is 4.99 Å². The van der Waals surface area contributed by atoms with Crippen LogP contribution in [0.5, 0.6) is 11.5 Å². The van der Waals surface area contributed by atoms with E-state index in [1.165, 1.54) is 4.88 Å². The third kappa shape index (κ3) is 6.11. The van der Waals surface area contributed by atoms with Crippen LogP contribution in [0.1, 0.15) is 35.4 Å². The lowest BCUT2D eigenvalue weighted by Crippen LogP contribution is -2.39. The number of aliphatic hydroxyl groups excluding tert-OH is 1. The molecule has 2 rings (SSSR count). The summed E-state index contributed by atoms with van der Waals surface area (Å²) >= 11 is 1.67. The molecule has 1 aromatic heterocycles. The molecule has 0 amide bonds. The number of nitrogens with zero attached hydrogens (tertiary/aromatic N) is 2. The molecule has 0 aliphatic heterocycles. The van der Waals surface area contributed by atoms with Crippen LogP contribution in [0.15, 0.2) is 29.4 Å². The van der Waals surface area contributed by atoms with Crippen LogP contribution in [-0.2, 0) is 13.0 Å². The van der Waals surface area contributed by atoms with Gasteiger partial charge < -0.3 is 25.2 Å². The van der Waals surface area contributed by atoms with Crippen molar-refractivity contribution in [2.75, 3.05) is 27.3 Å². The molecule has 0 aliphatic carbocycles. The van der Waals surface area contributed by atoms with Gasteiger partial charge in [-0.1, -0.05) is 6.92 Å². The van der Waals surface area contributed by atoms with E-state index in [0.29, 0.717) is 29.6 Å². The van der Waals surface area contributed by atoms with E-state index in [1.54, 1.807) is 43.8 Å². The van der Waals surface area contributed by atoms with Gasteiger partial charge in [0.05, 0.1) is 26.9 Å². The van der Waals surface area contributed by atoms with E-state index in [-0.39, 0.29) is 6.54 Å². The van der Waals surface area contributed by atoms with Crippen molar-refractivity contribution in [1.29, 1.82) is 0 Å². The fourth-order valence-corrected chi connectivity index (χ4v) is 3.26. The van der Waals surface area contributed by atoms with Crippen LogP contribution in [0.4, 0.5) is 0 Å². The van der Waals surface area contributed by atoms with Crippen molar-refractivity contribution in [1.82, 2.24) is 15.6 Å². The number of aliphatic hydroxyl groups is 1. The Morgan fingerprint density at radius 2 is 2.07 bits per heavy atom. The Morgan fingerprint density at radius 1 is 1.26 bits per heavy atom. The first-order valence-corrected chi connectivity index (χ1v) is 9.78. The molecular weight excluding hydrogens is 364 g/mol. The molecule has 8 heteroatoms. The second kappa shape index (κ2) is 10.7. The van der Waals surface area contributed by atoms with Crippen molar-refractivity contribution in [2.45, 2.75) is 32.9 Å². The van der Waals surface area contributed by atoms with Crippen LogP contribution >= 0.6 is 11.3 Å². The summed E-state index contributed by atoms with van der Waals surface area (Å²) in [5, 5.41) is 17.9. The Hall–Kier alpha value is -2.32. The topological polar surface area (TPSA) is 88.0 Å². The smallest absolute Gasteiger partial charge is 0.191 e. The van der Waals surface area contributed by atoms with Gasteiger partial charge in [-0.3, -0.25) is 0 Å². The molecule has 148 valence electrons. The average Bonchev–Trinajstić information content (AvgIpc) is 3.17. The van der Waals surface area contributed by atoms with E-state index in [4.69, 9.17) is 9.47 Å². The molecule has 1 atom stereocenters. The largest absolute Gasteiger partial charge is 0.497 e. The molecule has 0 spiro atoms. The van der Waals surface area contributed by atoms with Crippen LogP contribution in [-0.4, -0.2) is 43.4 Å². The summed E-state index contributed by atoms with van der Waals surface area (Å²) in [7, 11) is 3.17. The number of guanidine groups is 1. The molecule has 1 unspecified atom stereocenters. The van der Waals surface area contributed by atoms with Gasteiger partial charge in [0.1, 0.15) is 16.5 Å². The average molecular weight is 393 g/mol. The highest BCUT2D eigenvalue weighted by Gasteiger charge is 2.15. The van der Waals surface area contributed by atoms with Crippen molar-refractivity contribution < 1.29 is 14.6 Å². The summed E-state index contributed by atoms with van der Waals surface area (Å²) in [6, 6.07) is 5.36. The number of benzene rings is 1. The predicted molar refractivity (Wildman–Crippen MR) is 109 cm³/mol. The first kappa shape index (κ1) is 21.0. The molecule has 7 nitrogen and oxygen atoms in total. The standard InChI is InChI=1S/C19H28N4O3S/c1-5-14-10-21-18(27-14)12-23-19(20-6-2)22-11-16(24)15-9-13(25-3)7-8-17(15)26-4/h7-10,16,24H,5-6,11-12H2,1-4H3,(H2,20,22,23). The number of ether oxygens (including phenoxy) is 2. The highest BCUT2D eigenvalue weighted by molar-refractivity contribution is 7.11. The quantitative estimate of drug-likeness (QED) is 0.449. The van der Waals surface area contributed by atoms with Crippen LogP contribution in [0.2, 0.25) is 0 Å². The molecule has 1 heterocycles. The number of aromatic nitrogens is 1. The Morgan fingerprint density at radius 3 is 2.70 bits per heavy atom. The molecule has 0 bridgehead atoms. The lowest BCUT2D eigenvalue weighted by Gasteiger charge is -2.18. The van der Waals surface area contributed by atoms with E-state index >= 15 is 0 Å². The maximum Gasteiger partial charge on any atom is 0.191 e. The second-order valence-corrected chi connectivity index (χ2v) is 6.97. The van der Waals surface area contributed by atoms with E-state index in [0.717, 1.165) is 18.0 Å².